The van der Waals surface area contributed by atoms with Gasteiger partial charge in [0.25, 0.3) is 0 Å². The summed E-state index contributed by atoms with van der Waals surface area (Å²) in [4.78, 5) is 56.0. The molecule has 0 unspecified atom stereocenters. The highest BCUT2D eigenvalue weighted by molar-refractivity contribution is 7.98. The third kappa shape index (κ3) is 8.60. The van der Waals surface area contributed by atoms with Crippen molar-refractivity contribution in [1.82, 2.24) is 14.8 Å². The van der Waals surface area contributed by atoms with Crippen molar-refractivity contribution in [3.63, 3.8) is 0 Å². The van der Waals surface area contributed by atoms with E-state index in [9.17, 15) is 19.2 Å². The van der Waals surface area contributed by atoms with Crippen LogP contribution in [0, 0.1) is 4.64 Å². The number of aromatic amines is 1. The van der Waals surface area contributed by atoms with Gasteiger partial charge in [0.05, 0.1) is 23.8 Å². The first kappa shape index (κ1) is 35.3. The fourth-order valence-corrected chi connectivity index (χ4v) is 6.32. The van der Waals surface area contributed by atoms with Gasteiger partial charge in [-0.05, 0) is 54.1 Å². The second kappa shape index (κ2) is 16.4. The molecule has 4 aromatic carbocycles. The van der Waals surface area contributed by atoms with E-state index < -0.39 is 54.7 Å². The minimum Gasteiger partial charge on any atom is -0.497 e. The summed E-state index contributed by atoms with van der Waals surface area (Å²) < 4.78 is 30.1. The molecule has 0 saturated carbocycles. The minimum atomic E-state index is -1.44. The van der Waals surface area contributed by atoms with Gasteiger partial charge in [-0.2, -0.15) is 9.78 Å². The SMILES string of the molecule is COc1ccc(CSc2nn([C@@H]3O[C@@H](COC(=O)c4ccccc4)[C@@H](OC(=O)c4ccccc4)[C@@H]3OC(=O)c3ccccc3)c(=O)[nH]c2=S)cc1. The van der Waals surface area contributed by atoms with E-state index in [1.165, 1.54) is 11.8 Å². The molecule has 14 heteroatoms. The summed E-state index contributed by atoms with van der Waals surface area (Å²) in [5.41, 5.74) is 0.866. The predicted octanol–water partition coefficient (Wildman–Crippen LogP) is 5.81. The van der Waals surface area contributed by atoms with E-state index in [1.807, 2.05) is 24.3 Å². The van der Waals surface area contributed by atoms with Crippen LogP contribution in [0.4, 0.5) is 0 Å². The molecular formula is C37H31N3O9S2. The molecule has 4 atom stereocenters. The smallest absolute Gasteiger partial charge is 0.345 e. The molecule has 0 aliphatic carbocycles. The molecule has 5 aromatic rings. The molecule has 2 heterocycles. The first-order valence-corrected chi connectivity index (χ1v) is 17.1. The molecule has 6 rings (SSSR count). The number of ether oxygens (including phenoxy) is 5. The Morgan fingerprint density at radius 1 is 0.784 bits per heavy atom. The number of rotatable bonds is 12. The number of hydrogen-bond donors (Lipinski definition) is 1. The number of esters is 3. The Labute approximate surface area is 301 Å². The van der Waals surface area contributed by atoms with Gasteiger partial charge in [0, 0.05) is 5.75 Å². The van der Waals surface area contributed by atoms with E-state index in [2.05, 4.69) is 10.1 Å². The van der Waals surface area contributed by atoms with Crippen LogP contribution in [0.2, 0.25) is 0 Å². The molecule has 0 radical (unpaired) electrons. The topological polar surface area (TPSA) is 148 Å². The van der Waals surface area contributed by atoms with Crippen LogP contribution in [0.5, 0.6) is 5.75 Å². The Hall–Kier alpha value is -5.57. The summed E-state index contributed by atoms with van der Waals surface area (Å²) in [5, 5.41) is 4.81. The van der Waals surface area contributed by atoms with Crippen LogP contribution in [0.3, 0.4) is 0 Å². The first-order valence-electron chi connectivity index (χ1n) is 15.7. The second-order valence-electron chi connectivity index (χ2n) is 11.1. The van der Waals surface area contributed by atoms with Crippen molar-refractivity contribution in [2.24, 2.45) is 0 Å². The van der Waals surface area contributed by atoms with Gasteiger partial charge < -0.3 is 23.7 Å². The number of hydrogen-bond acceptors (Lipinski definition) is 12. The maximum Gasteiger partial charge on any atom is 0.345 e. The average Bonchev–Trinajstić information content (AvgIpc) is 3.50. The molecule has 1 fully saturated rings. The van der Waals surface area contributed by atoms with Crippen molar-refractivity contribution in [2.45, 2.75) is 35.3 Å². The average molecular weight is 726 g/mol. The number of nitrogens with one attached hydrogen (secondary N) is 1. The molecular weight excluding hydrogens is 695 g/mol. The van der Waals surface area contributed by atoms with Crippen LogP contribution in [0.1, 0.15) is 42.9 Å². The molecule has 0 spiro atoms. The number of carbonyl (C=O) groups is 3. The van der Waals surface area contributed by atoms with Crippen LogP contribution >= 0.6 is 24.0 Å². The van der Waals surface area contributed by atoms with Gasteiger partial charge in [0.1, 0.15) is 23.1 Å². The molecule has 0 amide bonds. The van der Waals surface area contributed by atoms with Crippen LogP contribution in [-0.2, 0) is 24.7 Å². The Morgan fingerprint density at radius 2 is 1.31 bits per heavy atom. The fraction of sp³-hybridized carbons (Fsp3) is 0.189. The standard InChI is InChI=1S/C37H31N3O9S2/c1-45-27-19-17-23(18-20-27)22-51-32-31(50)38-37(44)40(39-32)33-30(49-36(43)26-15-9-4-10-16-26)29(48-35(42)25-13-7-3-8-14-25)28(47-33)21-46-34(41)24-11-5-2-6-12-24/h2-20,28-30,33H,21-22H2,1H3,(H,38,44,50)/t28-,29+,30-,33+/m0/s1. The number of thioether (sulfide) groups is 1. The van der Waals surface area contributed by atoms with Gasteiger partial charge in [-0.15, -0.1) is 0 Å². The quantitative estimate of drug-likeness (QED) is 0.0717. The van der Waals surface area contributed by atoms with Crippen LogP contribution < -0.4 is 10.4 Å². The van der Waals surface area contributed by atoms with E-state index in [1.54, 1.807) is 98.1 Å². The van der Waals surface area contributed by atoms with Crippen LogP contribution in [0.15, 0.2) is 125 Å². The molecule has 1 saturated heterocycles. The van der Waals surface area contributed by atoms with Gasteiger partial charge in [0.2, 0.25) is 0 Å². The van der Waals surface area contributed by atoms with Gasteiger partial charge in [-0.25, -0.2) is 19.2 Å². The monoisotopic (exact) mass is 725 g/mol. The first-order chi connectivity index (χ1) is 24.8. The highest BCUT2D eigenvalue weighted by atomic mass is 32.2. The highest BCUT2D eigenvalue weighted by Crippen LogP contribution is 2.35. The maximum absolute atomic E-state index is 13.5. The van der Waals surface area contributed by atoms with E-state index in [0.717, 1.165) is 10.2 Å². The number of aromatic nitrogens is 3. The molecule has 1 aliphatic rings. The summed E-state index contributed by atoms with van der Waals surface area (Å²) in [6.07, 6.45) is -5.42. The Kier molecular flexibility index (Phi) is 11.4. The third-order valence-corrected chi connectivity index (χ3v) is 9.24. The van der Waals surface area contributed by atoms with E-state index in [4.69, 9.17) is 35.9 Å². The molecule has 12 nitrogen and oxygen atoms in total. The molecule has 0 bridgehead atoms. The van der Waals surface area contributed by atoms with Crippen molar-refractivity contribution in [3.05, 3.63) is 153 Å². The van der Waals surface area contributed by atoms with Gasteiger partial charge in [0.15, 0.2) is 23.5 Å². The van der Waals surface area contributed by atoms with Crippen molar-refractivity contribution < 1.29 is 38.1 Å². The lowest BCUT2D eigenvalue weighted by Gasteiger charge is -2.24. The zero-order valence-corrected chi connectivity index (χ0v) is 28.7. The number of carbonyl (C=O) groups excluding carboxylic acids is 3. The summed E-state index contributed by atoms with van der Waals surface area (Å²) in [6, 6.07) is 32.1. The molecule has 260 valence electrons. The van der Waals surface area contributed by atoms with E-state index >= 15 is 0 Å². The normalized spacial score (nSPS) is 18.1. The van der Waals surface area contributed by atoms with Gasteiger partial charge >= 0.3 is 23.6 Å². The molecule has 1 N–H and O–H groups in total. The van der Waals surface area contributed by atoms with Gasteiger partial charge in [-0.3, -0.25) is 4.98 Å². The zero-order chi connectivity index (χ0) is 35.7. The second-order valence-corrected chi connectivity index (χ2v) is 12.5. The third-order valence-electron chi connectivity index (χ3n) is 7.78. The molecule has 1 aliphatic heterocycles. The molecule has 1 aromatic heterocycles. The largest absolute Gasteiger partial charge is 0.497 e. The highest BCUT2D eigenvalue weighted by Gasteiger charge is 2.52. The zero-order valence-electron chi connectivity index (χ0n) is 27.1. The Morgan fingerprint density at radius 3 is 1.86 bits per heavy atom. The lowest BCUT2D eigenvalue weighted by atomic mass is 10.1. The summed E-state index contributed by atoms with van der Waals surface area (Å²) in [7, 11) is 1.58. The fourth-order valence-electron chi connectivity index (χ4n) is 5.19. The summed E-state index contributed by atoms with van der Waals surface area (Å²) in [5.74, 6) is -1.05. The molecule has 51 heavy (non-hydrogen) atoms. The van der Waals surface area contributed by atoms with E-state index in [-0.39, 0.29) is 26.4 Å². The lowest BCUT2D eigenvalue weighted by Crippen LogP contribution is -2.43. The van der Waals surface area contributed by atoms with Crippen molar-refractivity contribution in [1.29, 1.82) is 0 Å². The number of benzene rings is 4. The predicted molar refractivity (Wildman–Crippen MR) is 188 cm³/mol. The minimum absolute atomic E-state index is 0.0889. The van der Waals surface area contributed by atoms with Crippen molar-refractivity contribution in [3.8, 4) is 5.75 Å². The van der Waals surface area contributed by atoms with E-state index in [0.29, 0.717) is 11.5 Å². The summed E-state index contributed by atoms with van der Waals surface area (Å²) >= 11 is 6.70. The van der Waals surface area contributed by atoms with Crippen LogP contribution in [0.25, 0.3) is 0 Å². The number of H-pyrrole nitrogens is 1. The lowest BCUT2D eigenvalue weighted by molar-refractivity contribution is -0.0706. The number of methoxy groups -OCH3 is 1. The Bertz CT molecular complexity index is 2090. The maximum atomic E-state index is 13.5. The van der Waals surface area contributed by atoms with Gasteiger partial charge in [-0.1, -0.05) is 90.7 Å². The summed E-state index contributed by atoms with van der Waals surface area (Å²) in [6.45, 7) is -0.424. The Balaban J connectivity index is 1.35. The number of nitrogens with zero attached hydrogens (tertiary/aromatic N) is 2. The van der Waals surface area contributed by atoms with Crippen molar-refractivity contribution in [2.75, 3.05) is 13.7 Å². The van der Waals surface area contributed by atoms with Crippen molar-refractivity contribution >= 4 is 41.9 Å². The van der Waals surface area contributed by atoms with Crippen LogP contribution in [-0.4, -0.2) is 64.7 Å².